The average molecular weight is 434 g/mol. The third kappa shape index (κ3) is 3.70. The molecule has 0 fully saturated rings. The Morgan fingerprint density at radius 2 is 1.87 bits per heavy atom. The molecular weight excluding hydrogens is 420 g/mol. The summed E-state index contributed by atoms with van der Waals surface area (Å²) in [7, 11) is -3.80. The average Bonchev–Trinajstić information content (AvgIpc) is 3.18. The highest BCUT2D eigenvalue weighted by Crippen LogP contribution is 2.33. The summed E-state index contributed by atoms with van der Waals surface area (Å²) in [6.07, 6.45) is 2.39. The van der Waals surface area contributed by atoms with Crippen molar-refractivity contribution in [2.45, 2.75) is 11.8 Å². The van der Waals surface area contributed by atoms with Gasteiger partial charge < -0.3 is 4.74 Å². The first-order valence-corrected chi connectivity index (χ1v) is 10.4. The molecule has 0 spiro atoms. The second-order valence-electron chi connectivity index (χ2n) is 6.66. The van der Waals surface area contributed by atoms with E-state index in [2.05, 4.69) is 4.98 Å². The molecule has 0 saturated carbocycles. The number of rotatable bonds is 5. The van der Waals surface area contributed by atoms with Crippen molar-refractivity contribution in [3.8, 4) is 17.6 Å². The van der Waals surface area contributed by atoms with Gasteiger partial charge in [-0.1, -0.05) is 17.7 Å². The summed E-state index contributed by atoms with van der Waals surface area (Å²) in [5.41, 5.74) is 0.952. The summed E-state index contributed by atoms with van der Waals surface area (Å²) in [4.78, 5) is 14.4. The molecule has 154 valence electrons. The van der Waals surface area contributed by atoms with Crippen LogP contribution in [0.1, 0.15) is 11.3 Å². The molecule has 4 aromatic rings. The molecule has 31 heavy (non-hydrogen) atoms. The van der Waals surface area contributed by atoms with Gasteiger partial charge in [0.25, 0.3) is 10.0 Å². The summed E-state index contributed by atoms with van der Waals surface area (Å²) in [5, 5.41) is 20.8. The number of nitro groups is 1. The number of hydrogen-bond donors (Lipinski definition) is 0. The molecule has 0 aliphatic heterocycles. The highest BCUT2D eigenvalue weighted by Gasteiger charge is 2.20. The topological polar surface area (TPSA) is 128 Å². The van der Waals surface area contributed by atoms with Gasteiger partial charge in [-0.25, -0.2) is 17.4 Å². The molecule has 0 aliphatic rings. The first-order chi connectivity index (χ1) is 14.8. The highest BCUT2D eigenvalue weighted by molar-refractivity contribution is 7.90. The highest BCUT2D eigenvalue weighted by atomic mass is 32.2. The monoisotopic (exact) mass is 434 g/mol. The number of aryl methyl sites for hydroxylation is 1. The lowest BCUT2D eigenvalue weighted by atomic mass is 10.2. The number of aromatic nitrogens is 2. The number of fused-ring (bicyclic) bond motifs is 1. The maximum Gasteiger partial charge on any atom is 0.329 e. The predicted octanol–water partition coefficient (Wildman–Crippen LogP) is 4.15. The van der Waals surface area contributed by atoms with Crippen LogP contribution in [0.15, 0.2) is 71.9 Å². The quantitative estimate of drug-likeness (QED) is 0.341. The minimum absolute atomic E-state index is 0.0305. The Morgan fingerprint density at radius 1 is 1.13 bits per heavy atom. The minimum Gasteiger partial charge on any atom is -0.450 e. The number of ether oxygens (including phenoxy) is 1. The molecule has 0 atom stereocenters. The SMILES string of the molecule is Cc1ccc(S(=O)(=O)n2ccc3cc(Oc4cc(C#N)ncc4[N+](=O)[O-])ccc32)cc1. The van der Waals surface area contributed by atoms with Crippen LogP contribution in [0.5, 0.6) is 11.5 Å². The standard InChI is InChI=1S/C21H14N4O5S/c1-14-2-5-18(6-3-14)31(28,29)24-9-8-15-10-17(4-7-19(15)24)30-21-11-16(12-22)23-13-20(21)25(26)27/h2-11,13H,1H3. The van der Waals surface area contributed by atoms with E-state index in [1.54, 1.807) is 48.5 Å². The Kier molecular flexibility index (Phi) is 4.88. The van der Waals surface area contributed by atoms with E-state index in [1.807, 2.05) is 6.92 Å². The van der Waals surface area contributed by atoms with Gasteiger partial charge in [0.05, 0.1) is 15.3 Å². The molecule has 2 aromatic heterocycles. The van der Waals surface area contributed by atoms with Crippen molar-refractivity contribution < 1.29 is 18.1 Å². The second-order valence-corrected chi connectivity index (χ2v) is 8.47. The number of benzene rings is 2. The van der Waals surface area contributed by atoms with Crippen molar-refractivity contribution in [3.05, 3.63) is 88.4 Å². The lowest BCUT2D eigenvalue weighted by molar-refractivity contribution is -0.386. The Balaban J connectivity index is 1.73. The Bertz CT molecular complexity index is 1470. The predicted molar refractivity (Wildman–Crippen MR) is 111 cm³/mol. The third-order valence-corrected chi connectivity index (χ3v) is 6.29. The first kappa shape index (κ1) is 20.1. The van der Waals surface area contributed by atoms with E-state index in [0.717, 1.165) is 11.8 Å². The maximum absolute atomic E-state index is 13.0. The van der Waals surface area contributed by atoms with Gasteiger partial charge in [-0.3, -0.25) is 10.1 Å². The fraction of sp³-hybridized carbons (Fsp3) is 0.0476. The molecule has 4 rings (SSSR count). The molecule has 0 unspecified atom stereocenters. The lowest BCUT2D eigenvalue weighted by Gasteiger charge is -2.09. The number of nitrogens with zero attached hydrogens (tertiary/aromatic N) is 4. The molecule has 10 heteroatoms. The van der Waals surface area contributed by atoms with Crippen molar-refractivity contribution in [1.29, 1.82) is 5.26 Å². The van der Waals surface area contributed by atoms with Crippen LogP contribution in [0.3, 0.4) is 0 Å². The van der Waals surface area contributed by atoms with Crippen LogP contribution in [0, 0.1) is 28.4 Å². The van der Waals surface area contributed by atoms with Crippen molar-refractivity contribution in [2.24, 2.45) is 0 Å². The third-order valence-electron chi connectivity index (χ3n) is 4.59. The van der Waals surface area contributed by atoms with Crippen LogP contribution in [-0.2, 0) is 10.0 Å². The van der Waals surface area contributed by atoms with Crippen LogP contribution in [0.4, 0.5) is 5.69 Å². The molecule has 0 N–H and O–H groups in total. The van der Waals surface area contributed by atoms with Gasteiger partial charge in [0, 0.05) is 17.6 Å². The van der Waals surface area contributed by atoms with E-state index in [0.29, 0.717) is 10.9 Å². The van der Waals surface area contributed by atoms with Crippen LogP contribution < -0.4 is 4.74 Å². The minimum atomic E-state index is -3.80. The van der Waals surface area contributed by atoms with Crippen molar-refractivity contribution in [1.82, 2.24) is 8.96 Å². The van der Waals surface area contributed by atoms with E-state index >= 15 is 0 Å². The summed E-state index contributed by atoms with van der Waals surface area (Å²) in [6.45, 7) is 1.87. The van der Waals surface area contributed by atoms with Gasteiger partial charge in [-0.2, -0.15) is 5.26 Å². The largest absolute Gasteiger partial charge is 0.450 e. The molecule has 0 bridgehead atoms. The van der Waals surface area contributed by atoms with Gasteiger partial charge >= 0.3 is 5.69 Å². The summed E-state index contributed by atoms with van der Waals surface area (Å²) in [6, 6.07) is 15.7. The molecule has 0 amide bonds. The number of nitriles is 1. The Labute approximate surface area is 177 Å². The van der Waals surface area contributed by atoms with Crippen molar-refractivity contribution in [3.63, 3.8) is 0 Å². The summed E-state index contributed by atoms with van der Waals surface area (Å²) >= 11 is 0. The fourth-order valence-electron chi connectivity index (χ4n) is 3.03. The van der Waals surface area contributed by atoms with Crippen LogP contribution in [0.2, 0.25) is 0 Å². The molecule has 0 aliphatic carbocycles. The zero-order chi connectivity index (χ0) is 22.2. The molecule has 2 heterocycles. The molecular formula is C21H14N4O5S. The van der Waals surface area contributed by atoms with Gasteiger partial charge in [0.2, 0.25) is 5.75 Å². The van der Waals surface area contributed by atoms with E-state index < -0.39 is 20.6 Å². The van der Waals surface area contributed by atoms with Crippen LogP contribution in [-0.4, -0.2) is 22.3 Å². The van der Waals surface area contributed by atoms with Gasteiger partial charge in [-0.05, 0) is 43.3 Å². The van der Waals surface area contributed by atoms with Gasteiger partial charge in [-0.15, -0.1) is 0 Å². The zero-order valence-electron chi connectivity index (χ0n) is 16.1. The van der Waals surface area contributed by atoms with Crippen LogP contribution >= 0.6 is 0 Å². The van der Waals surface area contributed by atoms with E-state index in [1.165, 1.54) is 22.3 Å². The molecule has 9 nitrogen and oxygen atoms in total. The zero-order valence-corrected chi connectivity index (χ0v) is 16.9. The Morgan fingerprint density at radius 3 is 2.55 bits per heavy atom. The molecule has 0 radical (unpaired) electrons. The van der Waals surface area contributed by atoms with Gasteiger partial charge in [0.1, 0.15) is 23.7 Å². The normalized spacial score (nSPS) is 11.2. The van der Waals surface area contributed by atoms with Crippen molar-refractivity contribution in [2.75, 3.05) is 0 Å². The number of hydrogen-bond acceptors (Lipinski definition) is 7. The van der Waals surface area contributed by atoms with Gasteiger partial charge in [0.15, 0.2) is 0 Å². The second kappa shape index (κ2) is 7.55. The number of pyridine rings is 1. The van der Waals surface area contributed by atoms with Crippen LogP contribution in [0.25, 0.3) is 10.9 Å². The van der Waals surface area contributed by atoms with E-state index in [9.17, 15) is 18.5 Å². The fourth-order valence-corrected chi connectivity index (χ4v) is 4.38. The lowest BCUT2D eigenvalue weighted by Crippen LogP contribution is -2.11. The van der Waals surface area contributed by atoms with E-state index in [4.69, 9.17) is 10.00 Å². The smallest absolute Gasteiger partial charge is 0.329 e. The summed E-state index contributed by atoms with van der Waals surface area (Å²) < 4.78 is 32.8. The summed E-state index contributed by atoms with van der Waals surface area (Å²) in [5.74, 6) is 0.110. The maximum atomic E-state index is 13.0. The van der Waals surface area contributed by atoms with Crippen molar-refractivity contribution >= 4 is 26.6 Å². The molecule has 0 saturated heterocycles. The first-order valence-electron chi connectivity index (χ1n) is 8.95. The molecule has 2 aromatic carbocycles. The van der Waals surface area contributed by atoms with E-state index in [-0.39, 0.29) is 22.1 Å². The Hall–Kier alpha value is -4.23.